The largest absolute Gasteiger partial charge is 0.494 e. The first-order chi connectivity index (χ1) is 13.9. The van der Waals surface area contributed by atoms with Gasteiger partial charge < -0.3 is 9.64 Å². The maximum absolute atomic E-state index is 12.9. The van der Waals surface area contributed by atoms with Crippen LogP contribution in [0.1, 0.15) is 6.42 Å². The number of halogens is 1. The minimum atomic E-state index is -3.92. The van der Waals surface area contributed by atoms with E-state index in [2.05, 4.69) is 4.90 Å². The first-order valence-corrected chi connectivity index (χ1v) is 10.7. The monoisotopic (exact) mass is 423 g/mol. The molecular weight excluding hydrogens is 401 g/mol. The molecule has 0 aromatic heterocycles. The second kappa shape index (κ2) is 9.29. The molecule has 1 fully saturated rings. The summed E-state index contributed by atoms with van der Waals surface area (Å²) < 4.78 is 45.3. The Morgan fingerprint density at radius 1 is 1.03 bits per heavy atom. The number of nitrogens with zero attached hydrogens (tertiary/aromatic N) is 3. The molecule has 2 aromatic carbocycles. The molecule has 29 heavy (non-hydrogen) atoms. The molecule has 0 saturated carbocycles. The van der Waals surface area contributed by atoms with Gasteiger partial charge in [0.1, 0.15) is 11.6 Å². The Morgan fingerprint density at radius 2 is 1.69 bits per heavy atom. The zero-order chi connectivity index (χ0) is 20.9. The highest BCUT2D eigenvalue weighted by molar-refractivity contribution is 7.89. The van der Waals surface area contributed by atoms with Crippen molar-refractivity contribution < 1.29 is 22.5 Å². The van der Waals surface area contributed by atoms with E-state index in [9.17, 15) is 22.9 Å². The molecule has 0 N–H and O–H groups in total. The minimum Gasteiger partial charge on any atom is -0.494 e. The van der Waals surface area contributed by atoms with E-state index in [1.54, 1.807) is 12.1 Å². The van der Waals surface area contributed by atoms with Gasteiger partial charge in [0.15, 0.2) is 4.90 Å². The van der Waals surface area contributed by atoms with Crippen molar-refractivity contribution in [1.82, 2.24) is 9.21 Å². The maximum atomic E-state index is 12.9. The zero-order valence-corrected chi connectivity index (χ0v) is 16.6. The zero-order valence-electron chi connectivity index (χ0n) is 15.7. The summed E-state index contributed by atoms with van der Waals surface area (Å²) in [4.78, 5) is 12.3. The van der Waals surface area contributed by atoms with Gasteiger partial charge in [-0.25, -0.2) is 12.8 Å². The summed E-state index contributed by atoms with van der Waals surface area (Å²) in [5.74, 6) is 0.290. The average molecular weight is 423 g/mol. The molecule has 10 heteroatoms. The van der Waals surface area contributed by atoms with Crippen LogP contribution in [0.5, 0.6) is 5.75 Å². The first kappa shape index (κ1) is 21.2. The summed E-state index contributed by atoms with van der Waals surface area (Å²) >= 11 is 0. The number of piperazine rings is 1. The number of nitro groups is 1. The van der Waals surface area contributed by atoms with Gasteiger partial charge in [0.25, 0.3) is 5.69 Å². The Kier molecular flexibility index (Phi) is 6.78. The highest BCUT2D eigenvalue weighted by atomic mass is 32.2. The standard InChI is InChI=1S/C19H22FN3O5S/c20-16-6-8-17(9-7-16)28-15-3-10-21-11-13-22(14-12-21)29(26,27)19-5-2-1-4-18(19)23(24)25/h1-2,4-9H,3,10-15H2. The van der Waals surface area contributed by atoms with Crippen LogP contribution in [-0.2, 0) is 10.0 Å². The summed E-state index contributed by atoms with van der Waals surface area (Å²) in [7, 11) is -3.92. The summed E-state index contributed by atoms with van der Waals surface area (Å²) in [5, 5.41) is 11.2. The van der Waals surface area contributed by atoms with Crippen molar-refractivity contribution in [3.05, 3.63) is 64.5 Å². The lowest BCUT2D eigenvalue weighted by Crippen LogP contribution is -2.48. The molecule has 0 unspecified atom stereocenters. The van der Waals surface area contributed by atoms with Crippen molar-refractivity contribution in [2.75, 3.05) is 39.3 Å². The molecule has 8 nitrogen and oxygen atoms in total. The van der Waals surface area contributed by atoms with E-state index in [-0.39, 0.29) is 23.8 Å². The van der Waals surface area contributed by atoms with E-state index in [0.717, 1.165) is 13.0 Å². The molecule has 0 spiro atoms. The van der Waals surface area contributed by atoms with Crippen molar-refractivity contribution in [2.45, 2.75) is 11.3 Å². The van der Waals surface area contributed by atoms with Crippen molar-refractivity contribution >= 4 is 15.7 Å². The van der Waals surface area contributed by atoms with Gasteiger partial charge in [0, 0.05) is 38.8 Å². The molecular formula is C19H22FN3O5S. The molecule has 0 aliphatic carbocycles. The molecule has 1 saturated heterocycles. The predicted molar refractivity (Wildman–Crippen MR) is 105 cm³/mol. The SMILES string of the molecule is O=[N+]([O-])c1ccccc1S(=O)(=O)N1CCN(CCCOc2ccc(F)cc2)CC1. The Bertz CT molecular complexity index is 945. The fraction of sp³-hybridized carbons (Fsp3) is 0.368. The summed E-state index contributed by atoms with van der Waals surface area (Å²) in [6.07, 6.45) is 0.744. The number of hydrogen-bond donors (Lipinski definition) is 0. The summed E-state index contributed by atoms with van der Waals surface area (Å²) in [5.41, 5.74) is -0.409. The molecule has 0 atom stereocenters. The molecule has 1 aliphatic rings. The third kappa shape index (κ3) is 5.28. The normalized spacial score (nSPS) is 15.9. The van der Waals surface area contributed by atoms with Crippen LogP contribution in [0.2, 0.25) is 0 Å². The number of rotatable bonds is 8. The van der Waals surface area contributed by atoms with Gasteiger partial charge in [0.2, 0.25) is 10.0 Å². The van der Waals surface area contributed by atoms with Gasteiger partial charge in [-0.05, 0) is 36.8 Å². The lowest BCUT2D eigenvalue weighted by atomic mass is 10.3. The molecule has 2 aromatic rings. The topological polar surface area (TPSA) is 93.0 Å². The van der Waals surface area contributed by atoms with Crippen molar-refractivity contribution in [2.24, 2.45) is 0 Å². The average Bonchev–Trinajstić information content (AvgIpc) is 2.73. The van der Waals surface area contributed by atoms with E-state index in [0.29, 0.717) is 25.4 Å². The summed E-state index contributed by atoms with van der Waals surface area (Å²) in [6, 6.07) is 11.2. The van der Waals surface area contributed by atoms with Crippen LogP contribution >= 0.6 is 0 Å². The van der Waals surface area contributed by atoms with E-state index in [1.807, 2.05) is 0 Å². The number of sulfonamides is 1. The minimum absolute atomic E-state index is 0.271. The summed E-state index contributed by atoms with van der Waals surface area (Å²) in [6.45, 7) is 2.83. The van der Waals surface area contributed by atoms with Gasteiger partial charge in [-0.3, -0.25) is 10.1 Å². The number of benzene rings is 2. The Balaban J connectivity index is 1.49. The van der Waals surface area contributed by atoms with Crippen LogP contribution in [-0.4, -0.2) is 61.9 Å². The van der Waals surface area contributed by atoms with Gasteiger partial charge in [0.05, 0.1) is 11.5 Å². The van der Waals surface area contributed by atoms with Crippen molar-refractivity contribution in [3.63, 3.8) is 0 Å². The first-order valence-electron chi connectivity index (χ1n) is 9.22. The molecule has 1 heterocycles. The Hall–Kier alpha value is -2.56. The van der Waals surface area contributed by atoms with Crippen molar-refractivity contribution in [1.29, 1.82) is 0 Å². The lowest BCUT2D eigenvalue weighted by molar-refractivity contribution is -0.387. The van der Waals surface area contributed by atoms with Gasteiger partial charge in [-0.1, -0.05) is 12.1 Å². The Labute approximate surface area is 168 Å². The maximum Gasteiger partial charge on any atom is 0.289 e. The highest BCUT2D eigenvalue weighted by Crippen LogP contribution is 2.26. The molecule has 0 bridgehead atoms. The predicted octanol–water partition coefficient (Wildman–Crippen LogP) is 2.51. The quantitative estimate of drug-likeness (QED) is 0.368. The van der Waals surface area contributed by atoms with E-state index < -0.39 is 20.6 Å². The Morgan fingerprint density at radius 3 is 2.34 bits per heavy atom. The molecule has 1 aliphatic heterocycles. The van der Waals surface area contributed by atoms with Crippen molar-refractivity contribution in [3.8, 4) is 5.75 Å². The number of ether oxygens (including phenoxy) is 1. The molecule has 3 rings (SSSR count). The highest BCUT2D eigenvalue weighted by Gasteiger charge is 2.33. The van der Waals surface area contributed by atoms with Gasteiger partial charge >= 0.3 is 0 Å². The van der Waals surface area contributed by atoms with E-state index >= 15 is 0 Å². The van der Waals surface area contributed by atoms with Crippen LogP contribution in [0.25, 0.3) is 0 Å². The van der Waals surface area contributed by atoms with Crippen LogP contribution in [0.15, 0.2) is 53.4 Å². The lowest BCUT2D eigenvalue weighted by Gasteiger charge is -2.33. The second-order valence-corrected chi connectivity index (χ2v) is 8.53. The van der Waals surface area contributed by atoms with E-state index in [4.69, 9.17) is 4.74 Å². The third-order valence-electron chi connectivity index (χ3n) is 4.71. The van der Waals surface area contributed by atoms with Gasteiger partial charge in [-0.2, -0.15) is 4.31 Å². The van der Waals surface area contributed by atoms with Crippen LogP contribution < -0.4 is 4.74 Å². The molecule has 0 amide bonds. The fourth-order valence-electron chi connectivity index (χ4n) is 3.17. The third-order valence-corrected chi connectivity index (χ3v) is 6.66. The van der Waals surface area contributed by atoms with Gasteiger partial charge in [-0.15, -0.1) is 0 Å². The van der Waals surface area contributed by atoms with Crippen LogP contribution in [0.4, 0.5) is 10.1 Å². The fourth-order valence-corrected chi connectivity index (χ4v) is 4.75. The molecule has 156 valence electrons. The number of para-hydroxylation sites is 1. The number of hydrogen-bond acceptors (Lipinski definition) is 6. The molecule has 0 radical (unpaired) electrons. The van der Waals surface area contributed by atoms with Crippen LogP contribution in [0.3, 0.4) is 0 Å². The number of nitro benzene ring substituents is 1. The van der Waals surface area contributed by atoms with E-state index in [1.165, 1.54) is 40.7 Å². The smallest absolute Gasteiger partial charge is 0.289 e. The second-order valence-electron chi connectivity index (χ2n) is 6.63. The van der Waals surface area contributed by atoms with Crippen LogP contribution in [0, 0.1) is 15.9 Å².